The summed E-state index contributed by atoms with van der Waals surface area (Å²) in [6, 6.07) is 43.7. The maximum atomic E-state index is 7.16. The summed E-state index contributed by atoms with van der Waals surface area (Å²) in [5.41, 5.74) is 0. The van der Waals surface area contributed by atoms with Gasteiger partial charge in [-0.2, -0.15) is 0 Å². The first kappa shape index (κ1) is 18.2. The van der Waals surface area contributed by atoms with E-state index >= 15 is 0 Å². The van der Waals surface area contributed by atoms with Gasteiger partial charge in [-0.05, 0) is 0 Å². The van der Waals surface area contributed by atoms with Gasteiger partial charge < -0.3 is 0 Å². The molecule has 0 atom stereocenters. The number of benzene rings is 5. The van der Waals surface area contributed by atoms with Gasteiger partial charge in [-0.15, -0.1) is 0 Å². The minimum atomic E-state index is -3.73. The van der Waals surface area contributed by atoms with Crippen LogP contribution < -0.4 is 25.0 Å². The molecule has 5 aromatic carbocycles. The van der Waals surface area contributed by atoms with Crippen molar-refractivity contribution in [3.05, 3.63) is 127 Å². The molecule has 0 aromatic heterocycles. The predicted molar refractivity (Wildman–Crippen MR) is 130 cm³/mol. The standard InChI is InChI=1S/C28H21O2P/c1-4-14-24(15-5-1)31(25-16-6-2-7-17-25,26-18-8-3-9-19-26)29-27-20-22-12-10-11-13-23(22)21-28(27)30-31/h1-21H. The summed E-state index contributed by atoms with van der Waals surface area (Å²) in [6.07, 6.45) is 0. The first-order valence-electron chi connectivity index (χ1n) is 10.4. The second kappa shape index (κ2) is 6.70. The van der Waals surface area contributed by atoms with Gasteiger partial charge in [-0.25, -0.2) is 0 Å². The van der Waals surface area contributed by atoms with Gasteiger partial charge in [0.15, 0.2) is 0 Å². The summed E-state index contributed by atoms with van der Waals surface area (Å²) < 4.78 is 14.3. The summed E-state index contributed by atoms with van der Waals surface area (Å²) in [6.45, 7) is 0. The Morgan fingerprint density at radius 3 is 1.06 bits per heavy atom. The Hall–Kier alpha value is -3.61. The van der Waals surface area contributed by atoms with Crippen LogP contribution in [-0.4, -0.2) is 0 Å². The zero-order chi connectivity index (χ0) is 20.8. The van der Waals surface area contributed by atoms with Gasteiger partial charge >= 0.3 is 182 Å². The summed E-state index contributed by atoms with van der Waals surface area (Å²) in [5.74, 6) is 1.57. The molecule has 0 saturated heterocycles. The van der Waals surface area contributed by atoms with Gasteiger partial charge in [0, 0.05) is 0 Å². The molecule has 3 heteroatoms. The van der Waals surface area contributed by atoms with E-state index in [0.717, 1.165) is 38.2 Å². The molecule has 0 fully saturated rings. The number of fused-ring (bicyclic) bond motifs is 2. The van der Waals surface area contributed by atoms with Crippen LogP contribution in [-0.2, 0) is 0 Å². The zero-order valence-corrected chi connectivity index (χ0v) is 17.8. The average Bonchev–Trinajstić information content (AvgIpc) is 3.21. The van der Waals surface area contributed by atoms with Crippen molar-refractivity contribution >= 4 is 33.7 Å². The monoisotopic (exact) mass is 420 g/mol. The first-order valence-corrected chi connectivity index (χ1v) is 12.5. The third kappa shape index (κ3) is 2.49. The SMILES string of the molecule is c1ccc(P2(c3ccccc3)(c3ccccc3)Oc3cc4ccccc4cc3O2)cc1. The topological polar surface area (TPSA) is 18.5 Å². The van der Waals surface area contributed by atoms with E-state index in [-0.39, 0.29) is 0 Å². The fraction of sp³-hybridized carbons (Fsp3) is 0. The van der Waals surface area contributed by atoms with Gasteiger partial charge in [0.05, 0.1) is 0 Å². The van der Waals surface area contributed by atoms with Crippen LogP contribution in [0.3, 0.4) is 0 Å². The van der Waals surface area contributed by atoms with Crippen LogP contribution in [0.5, 0.6) is 11.5 Å². The molecular weight excluding hydrogens is 399 g/mol. The Kier molecular flexibility index (Phi) is 3.93. The van der Waals surface area contributed by atoms with Crippen molar-refractivity contribution < 1.29 is 9.05 Å². The van der Waals surface area contributed by atoms with Crippen molar-refractivity contribution in [2.45, 2.75) is 0 Å². The van der Waals surface area contributed by atoms with Gasteiger partial charge in [-0.1, -0.05) is 0 Å². The molecule has 1 heterocycles. The maximum absolute atomic E-state index is 7.16. The molecule has 1 aliphatic rings. The quantitative estimate of drug-likeness (QED) is 0.335. The van der Waals surface area contributed by atoms with Crippen LogP contribution in [0.4, 0.5) is 0 Å². The van der Waals surface area contributed by atoms with Gasteiger partial charge in [0.25, 0.3) is 0 Å². The van der Waals surface area contributed by atoms with E-state index in [4.69, 9.17) is 9.05 Å². The van der Waals surface area contributed by atoms with E-state index in [1.54, 1.807) is 0 Å². The van der Waals surface area contributed by atoms with Gasteiger partial charge in [-0.3, -0.25) is 0 Å². The average molecular weight is 420 g/mol. The Labute approximate surface area is 181 Å². The Morgan fingerprint density at radius 2 is 0.710 bits per heavy atom. The van der Waals surface area contributed by atoms with Crippen molar-refractivity contribution in [3.63, 3.8) is 0 Å². The number of hydrogen-bond donors (Lipinski definition) is 0. The summed E-state index contributed by atoms with van der Waals surface area (Å²) in [5, 5.41) is 5.42. The Bertz CT molecular complexity index is 1230. The summed E-state index contributed by atoms with van der Waals surface area (Å²) >= 11 is 0. The molecule has 5 aromatic rings. The molecule has 1 aliphatic heterocycles. The van der Waals surface area contributed by atoms with Crippen LogP contribution in [0.1, 0.15) is 0 Å². The Morgan fingerprint density at radius 1 is 0.387 bits per heavy atom. The van der Waals surface area contributed by atoms with Crippen LogP contribution in [0.15, 0.2) is 127 Å². The van der Waals surface area contributed by atoms with Crippen molar-refractivity contribution in [2.75, 3.05) is 0 Å². The molecule has 0 N–H and O–H groups in total. The van der Waals surface area contributed by atoms with Crippen molar-refractivity contribution in [1.29, 1.82) is 0 Å². The summed E-state index contributed by atoms with van der Waals surface area (Å²) in [4.78, 5) is 0. The molecule has 150 valence electrons. The van der Waals surface area contributed by atoms with Crippen LogP contribution in [0.25, 0.3) is 10.8 Å². The van der Waals surface area contributed by atoms with E-state index in [1.807, 2.05) is 18.2 Å². The Balaban J connectivity index is 1.75. The van der Waals surface area contributed by atoms with E-state index in [1.165, 1.54) is 0 Å². The van der Waals surface area contributed by atoms with Gasteiger partial charge in [0.1, 0.15) is 0 Å². The molecule has 0 aliphatic carbocycles. The van der Waals surface area contributed by atoms with Crippen molar-refractivity contribution in [3.8, 4) is 11.5 Å². The molecule has 0 radical (unpaired) electrons. The normalized spacial score (nSPS) is 17.0. The number of hydrogen-bond acceptors (Lipinski definition) is 2. The van der Waals surface area contributed by atoms with E-state index in [2.05, 4.69) is 109 Å². The summed E-state index contributed by atoms with van der Waals surface area (Å²) in [7, 11) is -3.73. The molecule has 0 saturated carbocycles. The van der Waals surface area contributed by atoms with E-state index < -0.39 is 7.06 Å². The first-order chi connectivity index (χ1) is 15.3. The molecule has 31 heavy (non-hydrogen) atoms. The van der Waals surface area contributed by atoms with E-state index in [9.17, 15) is 0 Å². The fourth-order valence-corrected chi connectivity index (χ4v) is 9.34. The third-order valence-corrected chi connectivity index (χ3v) is 10.8. The molecule has 0 spiro atoms. The van der Waals surface area contributed by atoms with Crippen LogP contribution >= 0.6 is 7.06 Å². The third-order valence-electron chi connectivity index (χ3n) is 6.03. The second-order valence-electron chi connectivity index (χ2n) is 7.79. The molecule has 0 bridgehead atoms. The second-order valence-corrected chi connectivity index (χ2v) is 11.6. The van der Waals surface area contributed by atoms with Crippen LogP contribution in [0.2, 0.25) is 0 Å². The molecule has 0 unspecified atom stereocenters. The van der Waals surface area contributed by atoms with Crippen molar-refractivity contribution in [2.24, 2.45) is 0 Å². The van der Waals surface area contributed by atoms with E-state index in [0.29, 0.717) is 0 Å². The zero-order valence-electron chi connectivity index (χ0n) is 16.9. The van der Waals surface area contributed by atoms with Crippen molar-refractivity contribution in [1.82, 2.24) is 0 Å². The van der Waals surface area contributed by atoms with Gasteiger partial charge in [0.2, 0.25) is 0 Å². The molecule has 0 amide bonds. The molecular formula is C28H21O2P. The number of rotatable bonds is 3. The fourth-order valence-electron chi connectivity index (χ4n) is 4.59. The minimum absolute atomic E-state index is 0.785. The van der Waals surface area contributed by atoms with Crippen LogP contribution in [0, 0.1) is 0 Å². The molecule has 2 nitrogen and oxygen atoms in total. The predicted octanol–water partition coefficient (Wildman–Crippen LogP) is 5.97. The molecule has 6 rings (SSSR count).